The first-order valence-electron chi connectivity index (χ1n) is 7.98. The molecule has 0 N–H and O–H groups in total. The van der Waals surface area contributed by atoms with E-state index in [-0.39, 0.29) is 17.4 Å². The van der Waals surface area contributed by atoms with Gasteiger partial charge in [-0.05, 0) is 38.0 Å². The fourth-order valence-corrected chi connectivity index (χ4v) is 3.51. The lowest BCUT2D eigenvalue weighted by Gasteiger charge is -2.46. The molecule has 0 aliphatic carbocycles. The normalized spacial score (nSPS) is 26.2. The molecule has 1 amide bonds. The summed E-state index contributed by atoms with van der Waals surface area (Å²) in [5.41, 5.74) is 0.0322. The minimum atomic E-state index is 0.0322. The van der Waals surface area contributed by atoms with Crippen LogP contribution in [0.5, 0.6) is 0 Å². The lowest BCUT2D eigenvalue weighted by atomic mass is 9.78. The molecule has 2 aliphatic heterocycles. The van der Waals surface area contributed by atoms with Crippen LogP contribution in [0.15, 0.2) is 0 Å². The molecule has 116 valence electrons. The maximum Gasteiger partial charge on any atom is 0.225 e. The molecule has 0 aromatic heterocycles. The summed E-state index contributed by atoms with van der Waals surface area (Å²) in [6, 6.07) is 0. The molecule has 0 aromatic carbocycles. The molecule has 4 nitrogen and oxygen atoms in total. The van der Waals surface area contributed by atoms with E-state index in [0.717, 1.165) is 64.3 Å². The van der Waals surface area contributed by atoms with Crippen molar-refractivity contribution >= 4 is 5.91 Å². The van der Waals surface area contributed by atoms with Crippen LogP contribution in [-0.2, 0) is 14.3 Å². The number of hydrogen-bond acceptors (Lipinski definition) is 3. The Hall–Kier alpha value is -0.610. The number of amides is 1. The van der Waals surface area contributed by atoms with Crippen LogP contribution in [0.4, 0.5) is 0 Å². The Morgan fingerprint density at radius 2 is 2.10 bits per heavy atom. The highest BCUT2D eigenvalue weighted by Crippen LogP contribution is 2.38. The van der Waals surface area contributed by atoms with Gasteiger partial charge in [-0.1, -0.05) is 13.8 Å². The van der Waals surface area contributed by atoms with Crippen molar-refractivity contribution in [1.82, 2.24) is 4.90 Å². The molecular formula is C16H29NO3. The van der Waals surface area contributed by atoms with Gasteiger partial charge in [0.15, 0.2) is 0 Å². The van der Waals surface area contributed by atoms with E-state index in [1.807, 2.05) is 18.7 Å². The van der Waals surface area contributed by atoms with Crippen molar-refractivity contribution in [2.24, 2.45) is 11.8 Å². The predicted octanol–water partition coefficient (Wildman–Crippen LogP) is 2.47. The van der Waals surface area contributed by atoms with Gasteiger partial charge in [0.1, 0.15) is 0 Å². The largest absolute Gasteiger partial charge is 0.385 e. The number of rotatable bonds is 4. The highest BCUT2D eigenvalue weighted by molar-refractivity contribution is 5.78. The lowest BCUT2D eigenvalue weighted by molar-refractivity contribution is -0.150. The Labute approximate surface area is 122 Å². The van der Waals surface area contributed by atoms with E-state index in [9.17, 15) is 4.79 Å². The minimum Gasteiger partial charge on any atom is -0.385 e. The molecule has 0 radical (unpaired) electrons. The second-order valence-electron chi connectivity index (χ2n) is 6.65. The predicted molar refractivity (Wildman–Crippen MR) is 78.6 cm³/mol. The first kappa shape index (κ1) is 15.8. The molecule has 2 aliphatic rings. The number of carbonyl (C=O) groups is 1. The van der Waals surface area contributed by atoms with Gasteiger partial charge < -0.3 is 14.4 Å². The van der Waals surface area contributed by atoms with Crippen LogP contribution in [-0.4, -0.2) is 49.8 Å². The second kappa shape index (κ2) is 6.90. The summed E-state index contributed by atoms with van der Waals surface area (Å²) < 4.78 is 11.3. The molecule has 0 bridgehead atoms. The third-order valence-electron chi connectivity index (χ3n) is 4.81. The zero-order valence-corrected chi connectivity index (χ0v) is 13.2. The first-order valence-corrected chi connectivity index (χ1v) is 7.98. The molecule has 20 heavy (non-hydrogen) atoms. The monoisotopic (exact) mass is 283 g/mol. The van der Waals surface area contributed by atoms with Gasteiger partial charge in [-0.2, -0.15) is 0 Å². The van der Waals surface area contributed by atoms with Crippen molar-refractivity contribution in [3.63, 3.8) is 0 Å². The number of ether oxygens (including phenoxy) is 2. The summed E-state index contributed by atoms with van der Waals surface area (Å²) in [6.45, 7) is 7.38. The SMILES string of the molecule is COCCC1CCOC2(CCN(C(=O)C(C)C)CC2)C1. The van der Waals surface area contributed by atoms with Gasteiger partial charge in [-0.15, -0.1) is 0 Å². The van der Waals surface area contributed by atoms with E-state index in [0.29, 0.717) is 0 Å². The number of piperidine rings is 1. The lowest BCUT2D eigenvalue weighted by Crippen LogP contribution is -2.51. The molecule has 1 atom stereocenters. The quantitative estimate of drug-likeness (QED) is 0.795. The number of methoxy groups -OCH3 is 1. The van der Waals surface area contributed by atoms with Crippen molar-refractivity contribution in [3.05, 3.63) is 0 Å². The molecule has 1 spiro atoms. The fourth-order valence-electron chi connectivity index (χ4n) is 3.51. The van der Waals surface area contributed by atoms with E-state index in [1.54, 1.807) is 7.11 Å². The molecule has 0 aromatic rings. The summed E-state index contributed by atoms with van der Waals surface area (Å²) in [5, 5.41) is 0. The molecule has 2 rings (SSSR count). The van der Waals surface area contributed by atoms with Gasteiger partial charge in [0.2, 0.25) is 5.91 Å². The zero-order valence-electron chi connectivity index (χ0n) is 13.2. The van der Waals surface area contributed by atoms with Crippen molar-refractivity contribution in [1.29, 1.82) is 0 Å². The summed E-state index contributed by atoms with van der Waals surface area (Å²) in [7, 11) is 1.77. The van der Waals surface area contributed by atoms with E-state index < -0.39 is 0 Å². The van der Waals surface area contributed by atoms with Gasteiger partial charge in [0, 0.05) is 39.3 Å². The first-order chi connectivity index (χ1) is 9.56. The van der Waals surface area contributed by atoms with Gasteiger partial charge >= 0.3 is 0 Å². The standard InChI is InChI=1S/C16H29NO3/c1-13(2)15(18)17-8-6-16(7-9-17)12-14(4-10-19-3)5-11-20-16/h13-14H,4-12H2,1-3H3. The summed E-state index contributed by atoms with van der Waals surface area (Å²) in [6.07, 6.45) is 5.42. The second-order valence-corrected chi connectivity index (χ2v) is 6.65. The van der Waals surface area contributed by atoms with Crippen LogP contribution in [0, 0.1) is 11.8 Å². The van der Waals surface area contributed by atoms with Crippen molar-refractivity contribution < 1.29 is 14.3 Å². The fraction of sp³-hybridized carbons (Fsp3) is 0.938. The van der Waals surface area contributed by atoms with E-state index in [2.05, 4.69) is 0 Å². The van der Waals surface area contributed by atoms with Crippen LogP contribution < -0.4 is 0 Å². The Morgan fingerprint density at radius 1 is 1.40 bits per heavy atom. The Balaban J connectivity index is 1.86. The smallest absolute Gasteiger partial charge is 0.225 e. The van der Waals surface area contributed by atoms with Crippen molar-refractivity contribution in [2.45, 2.75) is 51.6 Å². The van der Waals surface area contributed by atoms with Crippen LogP contribution in [0.2, 0.25) is 0 Å². The highest BCUT2D eigenvalue weighted by Gasteiger charge is 2.41. The third-order valence-corrected chi connectivity index (χ3v) is 4.81. The van der Waals surface area contributed by atoms with Crippen molar-refractivity contribution in [3.8, 4) is 0 Å². The third kappa shape index (κ3) is 3.73. The molecular weight excluding hydrogens is 254 g/mol. The summed E-state index contributed by atoms with van der Waals surface area (Å²) in [5.74, 6) is 1.11. The zero-order chi connectivity index (χ0) is 14.6. The van der Waals surface area contributed by atoms with Crippen molar-refractivity contribution in [2.75, 3.05) is 33.4 Å². The number of nitrogens with zero attached hydrogens (tertiary/aromatic N) is 1. The molecule has 2 fully saturated rings. The van der Waals surface area contributed by atoms with Gasteiger partial charge in [0.25, 0.3) is 0 Å². The molecule has 2 saturated heterocycles. The van der Waals surface area contributed by atoms with Crippen LogP contribution in [0.25, 0.3) is 0 Å². The van der Waals surface area contributed by atoms with E-state index >= 15 is 0 Å². The van der Waals surface area contributed by atoms with Gasteiger partial charge in [0.05, 0.1) is 5.60 Å². The van der Waals surface area contributed by atoms with Gasteiger partial charge in [-0.3, -0.25) is 4.79 Å². The Bertz CT molecular complexity index is 322. The van der Waals surface area contributed by atoms with E-state index in [4.69, 9.17) is 9.47 Å². The van der Waals surface area contributed by atoms with Crippen LogP contribution in [0.3, 0.4) is 0 Å². The number of carbonyl (C=O) groups excluding carboxylic acids is 1. The highest BCUT2D eigenvalue weighted by atomic mass is 16.5. The molecule has 2 heterocycles. The average molecular weight is 283 g/mol. The molecule has 0 saturated carbocycles. The molecule has 4 heteroatoms. The summed E-state index contributed by atoms with van der Waals surface area (Å²) >= 11 is 0. The average Bonchev–Trinajstić information content (AvgIpc) is 2.45. The summed E-state index contributed by atoms with van der Waals surface area (Å²) in [4.78, 5) is 14.1. The number of likely N-dealkylation sites (tertiary alicyclic amines) is 1. The topological polar surface area (TPSA) is 38.8 Å². The molecule has 1 unspecified atom stereocenters. The van der Waals surface area contributed by atoms with Crippen LogP contribution >= 0.6 is 0 Å². The van der Waals surface area contributed by atoms with Gasteiger partial charge in [-0.25, -0.2) is 0 Å². The maximum atomic E-state index is 12.0. The Morgan fingerprint density at radius 3 is 2.70 bits per heavy atom. The number of hydrogen-bond donors (Lipinski definition) is 0. The maximum absolute atomic E-state index is 12.0. The Kier molecular flexibility index (Phi) is 5.44. The minimum absolute atomic E-state index is 0.0322. The van der Waals surface area contributed by atoms with Crippen LogP contribution in [0.1, 0.15) is 46.0 Å². The van der Waals surface area contributed by atoms with E-state index in [1.165, 1.54) is 0 Å².